The Morgan fingerprint density at radius 2 is 1.82 bits per heavy atom. The molecule has 1 aliphatic rings. The zero-order valence-corrected chi connectivity index (χ0v) is 16.3. The second-order valence-corrected chi connectivity index (χ2v) is 7.48. The molecule has 0 unspecified atom stereocenters. The average Bonchev–Trinajstić information content (AvgIpc) is 3.13. The van der Waals surface area contributed by atoms with Gasteiger partial charge in [-0.1, -0.05) is 42.0 Å². The van der Waals surface area contributed by atoms with Gasteiger partial charge in [-0.05, 0) is 24.6 Å². The standard InChI is InChI=1S/C22H27N5O/c1-17-7-8-20-19(15-17)21(25-24-20)22(28)23-9-10-26-11-13-27(14-12-26)16-18-5-3-2-4-6-18/h2-8,15H,9-14,16H2,1H3,(H,23,28)(H,24,25). The summed E-state index contributed by atoms with van der Waals surface area (Å²) in [5, 5.41) is 11.0. The number of H-pyrrole nitrogens is 1. The van der Waals surface area contributed by atoms with Gasteiger partial charge < -0.3 is 5.32 Å². The van der Waals surface area contributed by atoms with Gasteiger partial charge in [0.2, 0.25) is 0 Å². The second kappa shape index (κ2) is 8.54. The van der Waals surface area contributed by atoms with Crippen LogP contribution < -0.4 is 5.32 Å². The van der Waals surface area contributed by atoms with Crippen molar-refractivity contribution in [1.82, 2.24) is 25.3 Å². The molecule has 6 heteroatoms. The van der Waals surface area contributed by atoms with E-state index in [1.54, 1.807) is 0 Å². The van der Waals surface area contributed by atoms with Crippen molar-refractivity contribution in [3.05, 3.63) is 65.4 Å². The van der Waals surface area contributed by atoms with Crippen LogP contribution in [0.5, 0.6) is 0 Å². The third kappa shape index (κ3) is 4.40. The fourth-order valence-corrected chi connectivity index (χ4v) is 3.72. The summed E-state index contributed by atoms with van der Waals surface area (Å²) >= 11 is 0. The van der Waals surface area contributed by atoms with Gasteiger partial charge in [-0.25, -0.2) is 0 Å². The van der Waals surface area contributed by atoms with Gasteiger partial charge in [0.1, 0.15) is 0 Å². The summed E-state index contributed by atoms with van der Waals surface area (Å²) in [5.74, 6) is -0.112. The van der Waals surface area contributed by atoms with Gasteiger partial charge in [0.25, 0.3) is 5.91 Å². The number of hydrogen-bond donors (Lipinski definition) is 2. The first kappa shape index (κ1) is 18.7. The van der Waals surface area contributed by atoms with Crippen molar-refractivity contribution in [3.63, 3.8) is 0 Å². The molecule has 1 aliphatic heterocycles. The van der Waals surface area contributed by atoms with Gasteiger partial charge in [-0.2, -0.15) is 5.10 Å². The first-order chi connectivity index (χ1) is 13.7. The number of amides is 1. The van der Waals surface area contributed by atoms with Crippen LogP contribution in [-0.2, 0) is 6.54 Å². The van der Waals surface area contributed by atoms with Crippen molar-refractivity contribution < 1.29 is 4.79 Å². The zero-order chi connectivity index (χ0) is 19.3. The molecule has 2 heterocycles. The molecule has 1 fully saturated rings. The number of aryl methyl sites for hydroxylation is 1. The first-order valence-corrected chi connectivity index (χ1v) is 9.90. The van der Waals surface area contributed by atoms with Crippen molar-refractivity contribution in [3.8, 4) is 0 Å². The van der Waals surface area contributed by atoms with Crippen LogP contribution >= 0.6 is 0 Å². The van der Waals surface area contributed by atoms with Gasteiger partial charge >= 0.3 is 0 Å². The first-order valence-electron chi connectivity index (χ1n) is 9.90. The maximum Gasteiger partial charge on any atom is 0.272 e. The summed E-state index contributed by atoms with van der Waals surface area (Å²) in [5.41, 5.74) is 3.86. The lowest BCUT2D eigenvalue weighted by Gasteiger charge is -2.34. The van der Waals surface area contributed by atoms with E-state index in [-0.39, 0.29) is 5.91 Å². The number of hydrogen-bond acceptors (Lipinski definition) is 4. The lowest BCUT2D eigenvalue weighted by Crippen LogP contribution is -2.48. The molecule has 0 radical (unpaired) electrons. The Hall–Kier alpha value is -2.70. The van der Waals surface area contributed by atoms with E-state index >= 15 is 0 Å². The Labute approximate surface area is 165 Å². The fourth-order valence-electron chi connectivity index (χ4n) is 3.72. The number of aromatic nitrogens is 2. The van der Waals surface area contributed by atoms with E-state index in [2.05, 4.69) is 55.6 Å². The average molecular weight is 377 g/mol. The van der Waals surface area contributed by atoms with E-state index < -0.39 is 0 Å². The Bertz CT molecular complexity index is 929. The van der Waals surface area contributed by atoms with E-state index in [4.69, 9.17) is 0 Å². The fraction of sp³-hybridized carbons (Fsp3) is 0.364. The van der Waals surface area contributed by atoms with E-state index in [1.165, 1.54) is 5.56 Å². The minimum atomic E-state index is -0.112. The Morgan fingerprint density at radius 3 is 2.61 bits per heavy atom. The maximum absolute atomic E-state index is 12.5. The highest BCUT2D eigenvalue weighted by molar-refractivity contribution is 6.04. The highest BCUT2D eigenvalue weighted by atomic mass is 16.1. The van der Waals surface area contributed by atoms with Crippen LogP contribution in [-0.4, -0.2) is 65.2 Å². The van der Waals surface area contributed by atoms with Crippen LogP contribution in [0, 0.1) is 6.92 Å². The maximum atomic E-state index is 12.5. The number of fused-ring (bicyclic) bond motifs is 1. The number of rotatable bonds is 6. The molecule has 1 aromatic heterocycles. The van der Waals surface area contributed by atoms with Crippen molar-refractivity contribution >= 4 is 16.8 Å². The Kier molecular flexibility index (Phi) is 5.69. The number of carbonyl (C=O) groups excluding carboxylic acids is 1. The van der Waals surface area contributed by atoms with Gasteiger partial charge in [0.15, 0.2) is 5.69 Å². The molecule has 1 saturated heterocycles. The molecule has 3 aromatic rings. The number of nitrogens with one attached hydrogen (secondary N) is 2. The van der Waals surface area contributed by atoms with Gasteiger partial charge in [-0.15, -0.1) is 0 Å². The quantitative estimate of drug-likeness (QED) is 0.693. The minimum absolute atomic E-state index is 0.112. The molecule has 2 aromatic carbocycles. The third-order valence-electron chi connectivity index (χ3n) is 5.36. The molecule has 0 spiro atoms. The van der Waals surface area contributed by atoms with Crippen molar-refractivity contribution in [1.29, 1.82) is 0 Å². The minimum Gasteiger partial charge on any atom is -0.349 e. The monoisotopic (exact) mass is 377 g/mol. The van der Waals surface area contributed by atoms with Crippen molar-refractivity contribution in [2.75, 3.05) is 39.3 Å². The molecule has 0 aliphatic carbocycles. The Morgan fingerprint density at radius 1 is 1.07 bits per heavy atom. The normalized spacial score (nSPS) is 15.8. The van der Waals surface area contributed by atoms with Crippen LogP contribution in [0.25, 0.3) is 10.9 Å². The number of piperazine rings is 1. The van der Waals surface area contributed by atoms with E-state index in [0.717, 1.165) is 55.7 Å². The van der Waals surface area contributed by atoms with E-state index in [1.807, 2.05) is 25.1 Å². The lowest BCUT2D eigenvalue weighted by molar-refractivity contribution is 0.0931. The molecule has 6 nitrogen and oxygen atoms in total. The molecule has 4 rings (SSSR count). The van der Waals surface area contributed by atoms with Gasteiger partial charge in [0.05, 0.1) is 5.52 Å². The SMILES string of the molecule is Cc1ccc2[nH]nc(C(=O)NCCN3CCN(Cc4ccccc4)CC3)c2c1. The van der Waals surface area contributed by atoms with Crippen LogP contribution in [0.4, 0.5) is 0 Å². The van der Waals surface area contributed by atoms with Crippen LogP contribution in [0.1, 0.15) is 21.6 Å². The Balaban J connectivity index is 1.22. The molecular weight excluding hydrogens is 350 g/mol. The second-order valence-electron chi connectivity index (χ2n) is 7.48. The molecule has 2 N–H and O–H groups in total. The predicted octanol–water partition coefficient (Wildman–Crippen LogP) is 2.42. The predicted molar refractivity (Wildman–Crippen MR) is 111 cm³/mol. The topological polar surface area (TPSA) is 64.3 Å². The third-order valence-corrected chi connectivity index (χ3v) is 5.36. The summed E-state index contributed by atoms with van der Waals surface area (Å²) in [6, 6.07) is 16.6. The number of nitrogens with zero attached hydrogens (tertiary/aromatic N) is 3. The van der Waals surface area contributed by atoms with Crippen molar-refractivity contribution in [2.45, 2.75) is 13.5 Å². The highest BCUT2D eigenvalue weighted by Gasteiger charge is 2.18. The van der Waals surface area contributed by atoms with E-state index in [0.29, 0.717) is 12.2 Å². The van der Waals surface area contributed by atoms with Crippen LogP contribution in [0.2, 0.25) is 0 Å². The summed E-state index contributed by atoms with van der Waals surface area (Å²) in [7, 11) is 0. The summed E-state index contributed by atoms with van der Waals surface area (Å²) < 4.78 is 0. The number of carbonyl (C=O) groups is 1. The molecule has 146 valence electrons. The van der Waals surface area contributed by atoms with Crippen LogP contribution in [0.3, 0.4) is 0 Å². The smallest absolute Gasteiger partial charge is 0.272 e. The number of benzene rings is 2. The molecule has 28 heavy (non-hydrogen) atoms. The molecule has 0 atom stereocenters. The summed E-state index contributed by atoms with van der Waals surface area (Å²) in [4.78, 5) is 17.4. The molecular formula is C22H27N5O. The molecule has 0 bridgehead atoms. The van der Waals surface area contributed by atoms with E-state index in [9.17, 15) is 4.79 Å². The van der Waals surface area contributed by atoms with Crippen LogP contribution in [0.15, 0.2) is 48.5 Å². The van der Waals surface area contributed by atoms with Gasteiger partial charge in [0, 0.05) is 51.2 Å². The van der Waals surface area contributed by atoms with Gasteiger partial charge in [-0.3, -0.25) is 19.7 Å². The zero-order valence-electron chi connectivity index (χ0n) is 16.3. The lowest BCUT2D eigenvalue weighted by atomic mass is 10.1. The molecule has 1 amide bonds. The summed E-state index contributed by atoms with van der Waals surface area (Å²) in [6.45, 7) is 8.73. The molecule has 0 saturated carbocycles. The number of aromatic amines is 1. The van der Waals surface area contributed by atoms with Crippen molar-refractivity contribution in [2.24, 2.45) is 0 Å². The summed E-state index contributed by atoms with van der Waals surface area (Å²) in [6.07, 6.45) is 0. The highest BCUT2D eigenvalue weighted by Crippen LogP contribution is 2.17. The largest absolute Gasteiger partial charge is 0.349 e.